The SMILES string of the molecule is CC(C)(C)[Si](C)(C)OCCc1ccc(C#N)cc1. The van der Waals surface area contributed by atoms with Gasteiger partial charge in [0.15, 0.2) is 8.32 Å². The van der Waals surface area contributed by atoms with Crippen LogP contribution in [0.3, 0.4) is 0 Å². The fourth-order valence-corrected chi connectivity index (χ4v) is 2.43. The van der Waals surface area contributed by atoms with Crippen LogP contribution in [-0.4, -0.2) is 14.9 Å². The first-order valence-corrected chi connectivity index (χ1v) is 9.30. The zero-order chi connectivity index (χ0) is 13.8. The first-order chi connectivity index (χ1) is 8.26. The molecule has 0 N–H and O–H groups in total. The Hall–Kier alpha value is -1.11. The summed E-state index contributed by atoms with van der Waals surface area (Å²) >= 11 is 0. The van der Waals surface area contributed by atoms with Crippen molar-refractivity contribution in [2.24, 2.45) is 0 Å². The van der Waals surface area contributed by atoms with Crippen LogP contribution >= 0.6 is 0 Å². The zero-order valence-electron chi connectivity index (χ0n) is 12.1. The summed E-state index contributed by atoms with van der Waals surface area (Å²) in [6.07, 6.45) is 0.915. The molecule has 0 aliphatic heterocycles. The first kappa shape index (κ1) is 14.9. The number of hydrogen-bond donors (Lipinski definition) is 0. The van der Waals surface area contributed by atoms with E-state index in [9.17, 15) is 0 Å². The Morgan fingerprint density at radius 1 is 1.17 bits per heavy atom. The molecular weight excluding hydrogens is 238 g/mol. The van der Waals surface area contributed by atoms with E-state index in [1.807, 2.05) is 24.3 Å². The predicted octanol–water partition coefficient (Wildman–Crippen LogP) is 4.12. The fraction of sp³-hybridized carbons (Fsp3) is 0.533. The average Bonchev–Trinajstić information content (AvgIpc) is 2.28. The van der Waals surface area contributed by atoms with Gasteiger partial charge < -0.3 is 4.43 Å². The second-order valence-corrected chi connectivity index (χ2v) is 11.0. The van der Waals surface area contributed by atoms with Crippen molar-refractivity contribution in [2.75, 3.05) is 6.61 Å². The predicted molar refractivity (Wildman–Crippen MR) is 78.0 cm³/mol. The van der Waals surface area contributed by atoms with E-state index in [2.05, 4.69) is 39.9 Å². The quantitative estimate of drug-likeness (QED) is 0.764. The van der Waals surface area contributed by atoms with Gasteiger partial charge in [-0.3, -0.25) is 0 Å². The molecule has 0 unspecified atom stereocenters. The van der Waals surface area contributed by atoms with E-state index in [1.54, 1.807) is 0 Å². The monoisotopic (exact) mass is 261 g/mol. The van der Waals surface area contributed by atoms with Gasteiger partial charge in [-0.05, 0) is 42.2 Å². The van der Waals surface area contributed by atoms with E-state index in [0.717, 1.165) is 13.0 Å². The van der Waals surface area contributed by atoms with Gasteiger partial charge in [-0.2, -0.15) is 5.26 Å². The normalized spacial score (nSPS) is 12.2. The van der Waals surface area contributed by atoms with E-state index in [-0.39, 0.29) is 5.04 Å². The molecule has 3 heteroatoms. The second kappa shape index (κ2) is 5.68. The summed E-state index contributed by atoms with van der Waals surface area (Å²) in [5, 5.41) is 8.99. The summed E-state index contributed by atoms with van der Waals surface area (Å²) < 4.78 is 6.13. The number of hydrogen-bond acceptors (Lipinski definition) is 2. The van der Waals surface area contributed by atoms with Crippen molar-refractivity contribution in [1.29, 1.82) is 5.26 Å². The van der Waals surface area contributed by atoms with Gasteiger partial charge in [0.05, 0.1) is 11.6 Å². The van der Waals surface area contributed by atoms with Crippen LogP contribution in [-0.2, 0) is 10.8 Å². The van der Waals surface area contributed by atoms with Gasteiger partial charge in [-0.1, -0.05) is 32.9 Å². The highest BCUT2D eigenvalue weighted by molar-refractivity contribution is 6.74. The highest BCUT2D eigenvalue weighted by Gasteiger charge is 2.36. The smallest absolute Gasteiger partial charge is 0.191 e. The van der Waals surface area contributed by atoms with Gasteiger partial charge in [-0.25, -0.2) is 0 Å². The van der Waals surface area contributed by atoms with Crippen molar-refractivity contribution in [2.45, 2.75) is 45.3 Å². The van der Waals surface area contributed by atoms with Crippen molar-refractivity contribution in [3.8, 4) is 6.07 Å². The minimum absolute atomic E-state index is 0.262. The van der Waals surface area contributed by atoms with Gasteiger partial charge in [-0.15, -0.1) is 0 Å². The molecule has 0 saturated carbocycles. The third-order valence-electron chi connectivity index (χ3n) is 3.74. The third kappa shape index (κ3) is 3.97. The molecule has 0 atom stereocenters. The molecule has 18 heavy (non-hydrogen) atoms. The van der Waals surface area contributed by atoms with Crippen LogP contribution in [0.1, 0.15) is 31.9 Å². The maximum atomic E-state index is 8.73. The Bertz CT molecular complexity index is 423. The number of nitrogens with zero attached hydrogens (tertiary/aromatic N) is 1. The lowest BCUT2D eigenvalue weighted by Crippen LogP contribution is -2.41. The van der Waals surface area contributed by atoms with Crippen molar-refractivity contribution < 1.29 is 4.43 Å². The molecule has 98 valence electrons. The minimum atomic E-state index is -1.63. The van der Waals surface area contributed by atoms with Gasteiger partial charge in [0.2, 0.25) is 0 Å². The van der Waals surface area contributed by atoms with Crippen LogP contribution in [0.2, 0.25) is 18.1 Å². The molecule has 1 rings (SSSR count). The summed E-state index contributed by atoms with van der Waals surface area (Å²) in [6, 6.07) is 9.87. The lowest BCUT2D eigenvalue weighted by molar-refractivity contribution is 0.292. The summed E-state index contributed by atoms with van der Waals surface area (Å²) in [4.78, 5) is 0. The van der Waals surface area contributed by atoms with Crippen LogP contribution < -0.4 is 0 Å². The van der Waals surface area contributed by atoms with Crippen LogP contribution in [0, 0.1) is 11.3 Å². The molecule has 0 spiro atoms. The van der Waals surface area contributed by atoms with Crippen LogP contribution in [0.5, 0.6) is 0 Å². The van der Waals surface area contributed by atoms with E-state index in [1.165, 1.54) is 5.56 Å². The van der Waals surface area contributed by atoms with Gasteiger partial charge in [0.1, 0.15) is 0 Å². The van der Waals surface area contributed by atoms with Crippen LogP contribution in [0.25, 0.3) is 0 Å². The Morgan fingerprint density at radius 3 is 2.17 bits per heavy atom. The first-order valence-electron chi connectivity index (χ1n) is 6.39. The highest BCUT2D eigenvalue weighted by Crippen LogP contribution is 2.36. The Kier molecular flexibility index (Phi) is 4.72. The zero-order valence-corrected chi connectivity index (χ0v) is 13.1. The molecule has 0 bridgehead atoms. The van der Waals surface area contributed by atoms with E-state index in [4.69, 9.17) is 9.69 Å². The molecular formula is C15H23NOSi. The number of nitriles is 1. The molecule has 0 saturated heterocycles. The molecule has 0 heterocycles. The summed E-state index contributed by atoms with van der Waals surface area (Å²) in [6.45, 7) is 12.1. The molecule has 0 aliphatic rings. The highest BCUT2D eigenvalue weighted by atomic mass is 28.4. The molecule has 0 radical (unpaired) electrons. The fourth-order valence-electron chi connectivity index (χ4n) is 1.39. The summed E-state index contributed by atoms with van der Waals surface area (Å²) in [7, 11) is -1.63. The third-order valence-corrected chi connectivity index (χ3v) is 8.28. The average molecular weight is 261 g/mol. The molecule has 1 aromatic rings. The van der Waals surface area contributed by atoms with Crippen LogP contribution in [0.4, 0.5) is 0 Å². The Labute approximate surface area is 112 Å². The van der Waals surface area contributed by atoms with Crippen molar-refractivity contribution >= 4 is 8.32 Å². The Balaban J connectivity index is 2.49. The van der Waals surface area contributed by atoms with E-state index < -0.39 is 8.32 Å². The summed E-state index contributed by atoms with van der Waals surface area (Å²) in [5.74, 6) is 0. The lowest BCUT2D eigenvalue weighted by atomic mass is 10.1. The molecule has 2 nitrogen and oxygen atoms in total. The number of benzene rings is 1. The lowest BCUT2D eigenvalue weighted by Gasteiger charge is -2.36. The van der Waals surface area contributed by atoms with Gasteiger partial charge in [0.25, 0.3) is 0 Å². The van der Waals surface area contributed by atoms with E-state index in [0.29, 0.717) is 5.56 Å². The molecule has 0 aromatic heterocycles. The molecule has 0 fully saturated rings. The van der Waals surface area contributed by atoms with Crippen LogP contribution in [0.15, 0.2) is 24.3 Å². The van der Waals surface area contributed by atoms with Crippen molar-refractivity contribution in [1.82, 2.24) is 0 Å². The molecule has 0 amide bonds. The molecule has 1 aromatic carbocycles. The standard InChI is InChI=1S/C15H23NOSi/c1-15(2,3)18(4,5)17-11-10-13-6-8-14(12-16)9-7-13/h6-9H,10-11H2,1-5H3. The maximum Gasteiger partial charge on any atom is 0.191 e. The van der Waals surface area contributed by atoms with E-state index >= 15 is 0 Å². The topological polar surface area (TPSA) is 33.0 Å². The van der Waals surface area contributed by atoms with Crippen molar-refractivity contribution in [3.63, 3.8) is 0 Å². The van der Waals surface area contributed by atoms with Gasteiger partial charge >= 0.3 is 0 Å². The van der Waals surface area contributed by atoms with Crippen molar-refractivity contribution in [3.05, 3.63) is 35.4 Å². The minimum Gasteiger partial charge on any atom is -0.416 e. The Morgan fingerprint density at radius 2 is 1.72 bits per heavy atom. The van der Waals surface area contributed by atoms with Gasteiger partial charge in [0, 0.05) is 6.61 Å². The maximum absolute atomic E-state index is 8.73. The summed E-state index contributed by atoms with van der Waals surface area (Å²) in [5.41, 5.74) is 1.94. The number of rotatable bonds is 4. The molecule has 0 aliphatic carbocycles. The second-order valence-electron chi connectivity index (χ2n) is 6.17. The largest absolute Gasteiger partial charge is 0.416 e.